The predicted octanol–water partition coefficient (Wildman–Crippen LogP) is -0.0968. The van der Waals surface area contributed by atoms with Crippen molar-refractivity contribution in [1.29, 1.82) is 0 Å². The van der Waals surface area contributed by atoms with Gasteiger partial charge in [0.1, 0.15) is 0 Å². The Balaban J connectivity index is 1.63. The fourth-order valence-corrected chi connectivity index (χ4v) is 2.08. The van der Waals surface area contributed by atoms with Crippen LogP contribution in [-0.2, 0) is 9.47 Å². The molecule has 0 radical (unpaired) electrons. The molecule has 0 amide bonds. The molecule has 1 aliphatic carbocycles. The summed E-state index contributed by atoms with van der Waals surface area (Å²) in [5, 5.41) is 12.9. The highest BCUT2D eigenvalue weighted by Gasteiger charge is 2.34. The molecule has 0 aromatic carbocycles. The van der Waals surface area contributed by atoms with Crippen LogP contribution in [0.3, 0.4) is 0 Å². The second-order valence-corrected chi connectivity index (χ2v) is 4.12. The summed E-state index contributed by atoms with van der Waals surface area (Å²) in [6.45, 7) is 3.93. The number of ether oxygens (including phenoxy) is 2. The van der Waals surface area contributed by atoms with Gasteiger partial charge in [0.15, 0.2) is 0 Å². The molecule has 2 N–H and O–H groups in total. The number of aliphatic hydroxyl groups excluding tert-OH is 1. The van der Waals surface area contributed by atoms with Gasteiger partial charge in [-0.05, 0) is 19.8 Å². The first-order valence-corrected chi connectivity index (χ1v) is 5.43. The van der Waals surface area contributed by atoms with Crippen molar-refractivity contribution in [2.24, 2.45) is 0 Å². The first-order chi connectivity index (χ1) is 6.79. The largest absolute Gasteiger partial charge is 0.389 e. The third-order valence-electron chi connectivity index (χ3n) is 3.00. The zero-order valence-electron chi connectivity index (χ0n) is 8.61. The van der Waals surface area contributed by atoms with E-state index in [2.05, 4.69) is 5.32 Å². The first kappa shape index (κ1) is 10.4. The van der Waals surface area contributed by atoms with E-state index in [1.165, 1.54) is 0 Å². The molecule has 0 bridgehead atoms. The minimum absolute atomic E-state index is 0.127. The van der Waals surface area contributed by atoms with Crippen molar-refractivity contribution in [3.63, 3.8) is 0 Å². The van der Waals surface area contributed by atoms with Gasteiger partial charge >= 0.3 is 0 Å². The van der Waals surface area contributed by atoms with Crippen molar-refractivity contribution in [1.82, 2.24) is 5.32 Å². The Morgan fingerprint density at radius 3 is 2.79 bits per heavy atom. The van der Waals surface area contributed by atoms with Gasteiger partial charge in [0.25, 0.3) is 0 Å². The van der Waals surface area contributed by atoms with Gasteiger partial charge in [-0.15, -0.1) is 0 Å². The van der Waals surface area contributed by atoms with Crippen molar-refractivity contribution in [3.8, 4) is 0 Å². The molecule has 2 unspecified atom stereocenters. The Bertz CT molecular complexity index is 182. The predicted molar refractivity (Wildman–Crippen MR) is 52.2 cm³/mol. The average Bonchev–Trinajstić information content (AvgIpc) is 2.48. The Kier molecular flexibility index (Phi) is 3.38. The van der Waals surface area contributed by atoms with Crippen molar-refractivity contribution in [3.05, 3.63) is 0 Å². The molecule has 2 rings (SSSR count). The summed E-state index contributed by atoms with van der Waals surface area (Å²) in [6.07, 6.45) is 2.23. The van der Waals surface area contributed by atoms with Crippen LogP contribution in [-0.4, -0.2) is 49.2 Å². The van der Waals surface area contributed by atoms with Crippen LogP contribution < -0.4 is 5.32 Å². The molecule has 4 nitrogen and oxygen atoms in total. The second-order valence-electron chi connectivity index (χ2n) is 4.12. The molecule has 0 aromatic rings. The Hall–Kier alpha value is -0.160. The summed E-state index contributed by atoms with van der Waals surface area (Å²) < 4.78 is 10.6. The molecule has 1 aliphatic heterocycles. The van der Waals surface area contributed by atoms with Gasteiger partial charge in [-0.25, -0.2) is 0 Å². The zero-order chi connectivity index (χ0) is 9.97. The number of hydrogen-bond acceptors (Lipinski definition) is 4. The number of nitrogens with one attached hydrogen (secondary N) is 1. The first-order valence-electron chi connectivity index (χ1n) is 5.43. The van der Waals surface area contributed by atoms with Crippen molar-refractivity contribution < 1.29 is 14.6 Å². The monoisotopic (exact) mass is 201 g/mol. The molecule has 2 fully saturated rings. The van der Waals surface area contributed by atoms with Gasteiger partial charge in [-0.1, -0.05) is 0 Å². The maximum atomic E-state index is 9.51. The number of rotatable bonds is 4. The summed E-state index contributed by atoms with van der Waals surface area (Å²) in [5.41, 5.74) is 0. The molecule has 4 heteroatoms. The van der Waals surface area contributed by atoms with E-state index in [4.69, 9.17) is 9.47 Å². The molecule has 2 atom stereocenters. The van der Waals surface area contributed by atoms with Crippen molar-refractivity contribution >= 4 is 0 Å². The Morgan fingerprint density at radius 2 is 2.21 bits per heavy atom. The lowest BCUT2D eigenvalue weighted by Crippen LogP contribution is -2.52. The SMILES string of the molecule is CCOC1CC(NC2COCC2O)C1. The third kappa shape index (κ3) is 2.25. The van der Waals surface area contributed by atoms with Crippen LogP contribution in [0.1, 0.15) is 19.8 Å². The standard InChI is InChI=1S/C10H19NO3/c1-2-14-8-3-7(4-8)11-9-5-13-6-10(9)12/h7-12H,2-6H2,1H3. The van der Waals surface area contributed by atoms with E-state index in [9.17, 15) is 5.11 Å². The normalized spacial score (nSPS) is 42.4. The highest BCUT2D eigenvalue weighted by atomic mass is 16.5. The molecule has 0 aromatic heterocycles. The van der Waals surface area contributed by atoms with E-state index in [1.54, 1.807) is 0 Å². The molecule has 0 spiro atoms. The summed E-state index contributed by atoms with van der Waals surface area (Å²) in [4.78, 5) is 0. The highest BCUT2D eigenvalue weighted by molar-refractivity contribution is 4.91. The molecular formula is C10H19NO3. The topological polar surface area (TPSA) is 50.7 Å². The minimum atomic E-state index is -0.332. The smallest absolute Gasteiger partial charge is 0.0948 e. The average molecular weight is 201 g/mol. The third-order valence-corrected chi connectivity index (χ3v) is 3.00. The fraction of sp³-hybridized carbons (Fsp3) is 1.00. The van der Waals surface area contributed by atoms with Crippen LogP contribution in [0.5, 0.6) is 0 Å². The van der Waals surface area contributed by atoms with Gasteiger partial charge < -0.3 is 19.9 Å². The van der Waals surface area contributed by atoms with E-state index in [0.717, 1.165) is 19.4 Å². The van der Waals surface area contributed by atoms with E-state index >= 15 is 0 Å². The minimum Gasteiger partial charge on any atom is -0.389 e. The van der Waals surface area contributed by atoms with Gasteiger partial charge in [0.2, 0.25) is 0 Å². The quantitative estimate of drug-likeness (QED) is 0.667. The van der Waals surface area contributed by atoms with E-state index in [0.29, 0.717) is 25.4 Å². The molecule has 1 saturated heterocycles. The molecule has 2 aliphatic rings. The lowest BCUT2D eigenvalue weighted by molar-refractivity contribution is -0.0154. The summed E-state index contributed by atoms with van der Waals surface area (Å²) in [5.74, 6) is 0. The molecular weight excluding hydrogens is 182 g/mol. The van der Waals surface area contributed by atoms with Crippen LogP contribution >= 0.6 is 0 Å². The van der Waals surface area contributed by atoms with E-state index < -0.39 is 0 Å². The lowest BCUT2D eigenvalue weighted by atomic mass is 9.88. The highest BCUT2D eigenvalue weighted by Crippen LogP contribution is 2.24. The zero-order valence-corrected chi connectivity index (χ0v) is 8.61. The van der Waals surface area contributed by atoms with Gasteiger partial charge in [-0.2, -0.15) is 0 Å². The van der Waals surface area contributed by atoms with Crippen molar-refractivity contribution in [2.45, 2.75) is 44.1 Å². The maximum absolute atomic E-state index is 9.51. The van der Waals surface area contributed by atoms with Crippen molar-refractivity contribution in [2.75, 3.05) is 19.8 Å². The van der Waals surface area contributed by atoms with Gasteiger partial charge in [-0.3, -0.25) is 0 Å². The van der Waals surface area contributed by atoms with Crippen LogP contribution in [0, 0.1) is 0 Å². The molecule has 1 heterocycles. The summed E-state index contributed by atoms with van der Waals surface area (Å²) in [6, 6.07) is 0.635. The van der Waals surface area contributed by atoms with Crippen LogP contribution in [0.2, 0.25) is 0 Å². The number of hydrogen-bond donors (Lipinski definition) is 2. The fourth-order valence-electron chi connectivity index (χ4n) is 2.08. The lowest BCUT2D eigenvalue weighted by Gasteiger charge is -2.37. The van der Waals surface area contributed by atoms with Gasteiger partial charge in [0.05, 0.1) is 31.5 Å². The summed E-state index contributed by atoms with van der Waals surface area (Å²) in [7, 11) is 0. The van der Waals surface area contributed by atoms with Crippen LogP contribution in [0.15, 0.2) is 0 Å². The molecule has 14 heavy (non-hydrogen) atoms. The van der Waals surface area contributed by atoms with Crippen LogP contribution in [0.4, 0.5) is 0 Å². The second kappa shape index (κ2) is 4.57. The van der Waals surface area contributed by atoms with Gasteiger partial charge in [0, 0.05) is 12.6 Å². The molecule has 82 valence electrons. The van der Waals surface area contributed by atoms with E-state index in [1.807, 2.05) is 6.92 Å². The number of aliphatic hydroxyl groups is 1. The Labute approximate surface area is 84.6 Å². The van der Waals surface area contributed by atoms with Crippen LogP contribution in [0.25, 0.3) is 0 Å². The summed E-state index contributed by atoms with van der Waals surface area (Å²) >= 11 is 0. The van der Waals surface area contributed by atoms with E-state index in [-0.39, 0.29) is 12.1 Å². The maximum Gasteiger partial charge on any atom is 0.0948 e. The molecule has 1 saturated carbocycles. The Morgan fingerprint density at radius 1 is 1.43 bits per heavy atom.